The van der Waals surface area contributed by atoms with Crippen molar-refractivity contribution in [3.8, 4) is 6.57 Å². The summed E-state index contributed by atoms with van der Waals surface area (Å²) in [6.07, 6.45) is 1.70. The zero-order valence-electron chi connectivity index (χ0n) is 9.69. The van der Waals surface area contributed by atoms with Crippen molar-refractivity contribution in [3.05, 3.63) is 4.85 Å². The Morgan fingerprint density at radius 2 is 2.27 bits per heavy atom. The second kappa shape index (κ2) is 4.52. The van der Waals surface area contributed by atoms with Gasteiger partial charge in [-0.05, 0) is 33.6 Å². The van der Waals surface area contributed by atoms with E-state index >= 15 is 0 Å². The van der Waals surface area contributed by atoms with Crippen molar-refractivity contribution in [1.82, 2.24) is 4.90 Å². The van der Waals surface area contributed by atoms with Gasteiger partial charge >= 0.3 is 6.09 Å². The smallest absolute Gasteiger partial charge is 0.410 e. The Bertz CT molecular complexity index is 275. The molecule has 4 nitrogen and oxygen atoms in total. The van der Waals surface area contributed by atoms with E-state index in [9.17, 15) is 4.79 Å². The number of likely N-dealkylation sites (tertiary alicyclic amines) is 1. The fraction of sp³-hybridized carbons (Fsp3) is 0.818. The number of hydrogen-bond acceptors (Lipinski definition) is 2. The molecule has 1 atom stereocenters. The number of carbonyl (C=O) groups is 1. The van der Waals surface area contributed by atoms with Gasteiger partial charge in [0.25, 0.3) is 13.1 Å². The van der Waals surface area contributed by atoms with E-state index < -0.39 is 5.60 Å². The minimum atomic E-state index is -0.440. The van der Waals surface area contributed by atoms with Crippen LogP contribution in [-0.4, -0.2) is 35.7 Å². The van der Waals surface area contributed by atoms with E-state index in [0.717, 1.165) is 19.4 Å². The molecule has 0 saturated carbocycles. The summed E-state index contributed by atoms with van der Waals surface area (Å²) in [7, 11) is 0. The predicted molar refractivity (Wildman–Crippen MR) is 59.1 cm³/mol. The summed E-state index contributed by atoms with van der Waals surface area (Å²) in [6.45, 7) is 12.0. The van der Waals surface area contributed by atoms with Gasteiger partial charge in [-0.25, -0.2) is 4.79 Å². The molecule has 0 bridgehead atoms. The number of ether oxygens (including phenoxy) is 1. The van der Waals surface area contributed by atoms with Gasteiger partial charge in [-0.15, -0.1) is 0 Å². The van der Waals surface area contributed by atoms with Crippen LogP contribution >= 0.6 is 0 Å². The average Bonchev–Trinajstić information content (AvgIpc) is 2.49. The monoisotopic (exact) mass is 211 g/mol. The molecule has 0 radical (unpaired) electrons. The van der Waals surface area contributed by atoms with Crippen LogP contribution in [0.3, 0.4) is 0 Å². The van der Waals surface area contributed by atoms with Crippen molar-refractivity contribution >= 4 is 6.09 Å². The maximum absolute atomic E-state index is 11.8. The van der Waals surface area contributed by atoms with Gasteiger partial charge in [0.2, 0.25) is 0 Å². The first-order chi connectivity index (χ1) is 6.94. The van der Waals surface area contributed by atoms with Gasteiger partial charge in [-0.2, -0.15) is 0 Å². The Balaban J connectivity index is 2.56. The van der Waals surface area contributed by atoms with E-state index in [2.05, 4.69) is 4.85 Å². The van der Waals surface area contributed by atoms with Gasteiger partial charge in [0, 0.05) is 6.54 Å². The number of nitrogens with zero attached hydrogens (tertiary/aromatic N) is 2. The van der Waals surface area contributed by atoms with Crippen LogP contribution in [0.4, 0.5) is 4.79 Å². The topological polar surface area (TPSA) is 33.9 Å². The lowest BCUT2D eigenvalue weighted by molar-refractivity contribution is 0.0237. The van der Waals surface area contributed by atoms with Crippen LogP contribution in [0.1, 0.15) is 33.6 Å². The van der Waals surface area contributed by atoms with Gasteiger partial charge in [-0.1, -0.05) is 4.85 Å². The van der Waals surface area contributed by atoms with Crippen molar-refractivity contribution in [1.29, 1.82) is 0 Å². The highest BCUT2D eigenvalue weighted by Crippen LogP contribution is 2.20. The normalized spacial score (nSPS) is 21.2. The Kier molecular flexibility index (Phi) is 3.57. The van der Waals surface area contributed by atoms with E-state index in [0.29, 0.717) is 6.54 Å². The molecule has 84 valence electrons. The fourth-order valence-electron chi connectivity index (χ4n) is 1.71. The zero-order chi connectivity index (χ0) is 11.5. The SMILES string of the molecule is C#[N+]C[C@@H]1CCCN1C(=O)OC(C)(C)C. The highest BCUT2D eigenvalue weighted by Gasteiger charge is 2.34. The summed E-state index contributed by atoms with van der Waals surface area (Å²) < 4.78 is 5.30. The Morgan fingerprint density at radius 3 is 2.80 bits per heavy atom. The number of rotatable bonds is 1. The molecular weight excluding hydrogens is 192 g/mol. The third-order valence-corrected chi connectivity index (χ3v) is 2.32. The van der Waals surface area contributed by atoms with Crippen LogP contribution in [-0.2, 0) is 4.74 Å². The van der Waals surface area contributed by atoms with Crippen LogP contribution in [0.15, 0.2) is 0 Å². The Labute approximate surface area is 91.0 Å². The van der Waals surface area contributed by atoms with Crippen molar-refractivity contribution in [2.24, 2.45) is 0 Å². The molecule has 0 aromatic rings. The lowest BCUT2D eigenvalue weighted by Crippen LogP contribution is -2.40. The highest BCUT2D eigenvalue weighted by molar-refractivity contribution is 5.69. The lowest BCUT2D eigenvalue weighted by atomic mass is 10.2. The summed E-state index contributed by atoms with van der Waals surface area (Å²) in [4.78, 5) is 17.1. The van der Waals surface area contributed by atoms with Gasteiger partial charge < -0.3 is 4.74 Å². The second-order valence-electron chi connectivity index (χ2n) is 4.83. The number of carbonyl (C=O) groups excluding carboxylic acids is 1. The summed E-state index contributed by atoms with van der Waals surface area (Å²) in [5, 5.41) is 0. The molecule has 1 saturated heterocycles. The van der Waals surface area contributed by atoms with E-state index in [-0.39, 0.29) is 12.1 Å². The molecule has 4 heteroatoms. The van der Waals surface area contributed by atoms with Crippen LogP contribution in [0.5, 0.6) is 0 Å². The molecule has 0 spiro atoms. The minimum Gasteiger partial charge on any atom is -0.444 e. The van der Waals surface area contributed by atoms with Crippen molar-refractivity contribution in [2.45, 2.75) is 45.3 Å². The lowest BCUT2D eigenvalue weighted by Gasteiger charge is -2.26. The first kappa shape index (κ1) is 11.8. The Hall–Kier alpha value is -1.24. The quantitative estimate of drug-likeness (QED) is 0.667. The molecule has 1 rings (SSSR count). The van der Waals surface area contributed by atoms with Crippen LogP contribution in [0.25, 0.3) is 4.85 Å². The summed E-state index contributed by atoms with van der Waals surface area (Å²) in [5.41, 5.74) is -0.440. The maximum Gasteiger partial charge on any atom is 0.410 e. The molecule has 1 amide bonds. The molecule has 0 aromatic carbocycles. The molecule has 0 aromatic heterocycles. The maximum atomic E-state index is 11.8. The molecule has 1 aliphatic rings. The molecule has 0 unspecified atom stereocenters. The predicted octanol–water partition coefficient (Wildman–Crippen LogP) is 2.35. The Morgan fingerprint density at radius 1 is 1.60 bits per heavy atom. The van der Waals surface area contributed by atoms with Gasteiger partial charge in [0.1, 0.15) is 11.6 Å². The standard InChI is InChI=1S/C11H19N2O2/c1-11(2,3)15-10(14)13-7-5-6-9(13)8-12-4/h4,9H,5-8H2,1-3H3/q+1/t9-/m0/s1. The highest BCUT2D eigenvalue weighted by atomic mass is 16.6. The van der Waals surface area contributed by atoms with Gasteiger partial charge in [0.05, 0.1) is 0 Å². The second-order valence-corrected chi connectivity index (χ2v) is 4.83. The van der Waals surface area contributed by atoms with E-state index in [1.807, 2.05) is 20.8 Å². The molecule has 1 heterocycles. The van der Waals surface area contributed by atoms with Crippen molar-refractivity contribution in [3.63, 3.8) is 0 Å². The van der Waals surface area contributed by atoms with E-state index in [1.54, 1.807) is 4.90 Å². The third-order valence-electron chi connectivity index (χ3n) is 2.32. The summed E-state index contributed by atoms with van der Waals surface area (Å²) in [6, 6.07) is 0.116. The molecule has 15 heavy (non-hydrogen) atoms. The first-order valence-corrected chi connectivity index (χ1v) is 5.30. The largest absolute Gasteiger partial charge is 0.444 e. The van der Waals surface area contributed by atoms with E-state index in [4.69, 9.17) is 11.3 Å². The summed E-state index contributed by atoms with van der Waals surface area (Å²) in [5.74, 6) is 0. The molecule has 0 N–H and O–H groups in total. The van der Waals surface area contributed by atoms with Gasteiger partial charge in [0.15, 0.2) is 0 Å². The van der Waals surface area contributed by atoms with Crippen LogP contribution in [0, 0.1) is 6.57 Å². The zero-order valence-corrected chi connectivity index (χ0v) is 9.69. The van der Waals surface area contributed by atoms with Crippen LogP contribution in [0.2, 0.25) is 0 Å². The molecule has 0 aliphatic carbocycles. The van der Waals surface area contributed by atoms with Gasteiger partial charge in [-0.3, -0.25) is 4.90 Å². The molecular formula is C11H19N2O2+. The minimum absolute atomic E-state index is 0.116. The number of amides is 1. The van der Waals surface area contributed by atoms with Crippen molar-refractivity contribution in [2.75, 3.05) is 13.1 Å². The summed E-state index contributed by atoms with van der Waals surface area (Å²) >= 11 is 0. The number of hydrogen-bond donors (Lipinski definition) is 0. The van der Waals surface area contributed by atoms with Crippen molar-refractivity contribution < 1.29 is 9.53 Å². The average molecular weight is 211 g/mol. The fourth-order valence-corrected chi connectivity index (χ4v) is 1.71. The molecule has 1 fully saturated rings. The first-order valence-electron chi connectivity index (χ1n) is 5.30. The molecule has 1 aliphatic heterocycles. The third kappa shape index (κ3) is 3.43. The van der Waals surface area contributed by atoms with E-state index in [1.165, 1.54) is 0 Å². The van der Waals surface area contributed by atoms with Crippen LogP contribution < -0.4 is 0 Å².